The van der Waals surface area contributed by atoms with Gasteiger partial charge >= 0.3 is 0 Å². The molecule has 0 radical (unpaired) electrons. The van der Waals surface area contributed by atoms with Crippen LogP contribution in [0.15, 0.2) is 10.9 Å². The second-order valence-electron chi connectivity index (χ2n) is 4.16. The first-order chi connectivity index (χ1) is 7.38. The summed E-state index contributed by atoms with van der Waals surface area (Å²) in [6, 6.07) is 0. The maximum absolute atomic E-state index is 4.26. The molecule has 1 aromatic rings. The number of hydrogen-bond donors (Lipinski definition) is 1. The number of nitrogens with zero attached hydrogens (tertiary/aromatic N) is 2. The summed E-state index contributed by atoms with van der Waals surface area (Å²) in [5.41, 5.74) is 3.07. The first-order valence-electron chi connectivity index (χ1n) is 5.68. The summed E-state index contributed by atoms with van der Waals surface area (Å²) in [7, 11) is 0. The Bertz CT molecular complexity index is 273. The second kappa shape index (κ2) is 5.58. The van der Waals surface area contributed by atoms with Crippen LogP contribution in [0.25, 0.3) is 0 Å². The Balaban J connectivity index is 1.63. The van der Waals surface area contributed by atoms with E-state index in [2.05, 4.69) is 27.5 Å². The minimum atomic E-state index is 0.837. The van der Waals surface area contributed by atoms with E-state index >= 15 is 0 Å². The van der Waals surface area contributed by atoms with E-state index in [4.69, 9.17) is 0 Å². The summed E-state index contributed by atoms with van der Waals surface area (Å²) >= 11 is 1.67. The number of likely N-dealkylation sites (tertiary alicyclic amines) is 1. The van der Waals surface area contributed by atoms with E-state index < -0.39 is 0 Å². The molecule has 1 atom stereocenters. The third-order valence-electron chi connectivity index (χ3n) is 3.04. The number of rotatable bonds is 5. The molecule has 0 spiro atoms. The maximum Gasteiger partial charge on any atom is 0.0795 e. The van der Waals surface area contributed by atoms with Gasteiger partial charge in [0.2, 0.25) is 0 Å². The predicted molar refractivity (Wildman–Crippen MR) is 64.0 cm³/mol. The van der Waals surface area contributed by atoms with Crippen LogP contribution in [0.3, 0.4) is 0 Å². The van der Waals surface area contributed by atoms with E-state index in [0.717, 1.165) is 19.0 Å². The highest BCUT2D eigenvalue weighted by Crippen LogP contribution is 2.14. The van der Waals surface area contributed by atoms with Crippen molar-refractivity contribution >= 4 is 11.3 Å². The molecule has 1 unspecified atom stereocenters. The molecular formula is C11H19N3S. The van der Waals surface area contributed by atoms with Gasteiger partial charge in [-0.2, -0.15) is 0 Å². The van der Waals surface area contributed by atoms with Crippen LogP contribution in [0.1, 0.15) is 19.0 Å². The lowest BCUT2D eigenvalue weighted by Gasteiger charge is -2.13. The lowest BCUT2D eigenvalue weighted by molar-refractivity contribution is 0.338. The van der Waals surface area contributed by atoms with Gasteiger partial charge in [-0.05, 0) is 32.0 Å². The summed E-state index contributed by atoms with van der Waals surface area (Å²) in [6.45, 7) is 8.04. The van der Waals surface area contributed by atoms with Crippen molar-refractivity contribution in [1.29, 1.82) is 0 Å². The van der Waals surface area contributed by atoms with E-state index in [1.54, 1.807) is 11.3 Å². The zero-order valence-electron chi connectivity index (χ0n) is 9.28. The molecule has 2 heterocycles. The quantitative estimate of drug-likeness (QED) is 0.824. The van der Waals surface area contributed by atoms with Crippen LogP contribution < -0.4 is 5.32 Å². The maximum atomic E-state index is 4.26. The van der Waals surface area contributed by atoms with E-state index in [-0.39, 0.29) is 0 Å². The molecule has 1 N–H and O–H groups in total. The van der Waals surface area contributed by atoms with Crippen molar-refractivity contribution in [3.05, 3.63) is 16.6 Å². The Morgan fingerprint density at radius 3 is 3.27 bits per heavy atom. The Kier molecular flexibility index (Phi) is 4.11. The molecule has 0 saturated carbocycles. The molecule has 2 rings (SSSR count). The van der Waals surface area contributed by atoms with Crippen LogP contribution in [-0.4, -0.2) is 36.1 Å². The largest absolute Gasteiger partial charge is 0.311 e. The molecule has 1 fully saturated rings. The van der Waals surface area contributed by atoms with Crippen molar-refractivity contribution in [2.45, 2.75) is 19.9 Å². The minimum absolute atomic E-state index is 0.837. The molecule has 84 valence electrons. The fourth-order valence-corrected chi connectivity index (χ4v) is 2.65. The fourth-order valence-electron chi connectivity index (χ4n) is 2.10. The first-order valence-corrected chi connectivity index (χ1v) is 6.63. The Morgan fingerprint density at radius 2 is 2.60 bits per heavy atom. The topological polar surface area (TPSA) is 28.2 Å². The molecule has 3 nitrogen and oxygen atoms in total. The van der Waals surface area contributed by atoms with Gasteiger partial charge < -0.3 is 10.2 Å². The van der Waals surface area contributed by atoms with E-state index in [0.29, 0.717) is 0 Å². The zero-order chi connectivity index (χ0) is 10.5. The average molecular weight is 225 g/mol. The highest BCUT2D eigenvalue weighted by atomic mass is 32.1. The Morgan fingerprint density at radius 1 is 1.67 bits per heavy atom. The monoisotopic (exact) mass is 225 g/mol. The first kappa shape index (κ1) is 11.0. The molecule has 1 saturated heterocycles. The van der Waals surface area contributed by atoms with Crippen LogP contribution in [-0.2, 0) is 6.54 Å². The minimum Gasteiger partial charge on any atom is -0.311 e. The van der Waals surface area contributed by atoms with Gasteiger partial charge in [-0.15, -0.1) is 11.3 Å². The summed E-state index contributed by atoms with van der Waals surface area (Å²) < 4.78 is 0. The van der Waals surface area contributed by atoms with Gasteiger partial charge in [0, 0.05) is 18.5 Å². The summed E-state index contributed by atoms with van der Waals surface area (Å²) in [5.74, 6) is 0.837. The molecule has 0 bridgehead atoms. The van der Waals surface area contributed by atoms with Crippen molar-refractivity contribution in [2.24, 2.45) is 5.92 Å². The molecular weight excluding hydrogens is 206 g/mol. The lowest BCUT2D eigenvalue weighted by atomic mass is 10.1. The van der Waals surface area contributed by atoms with Crippen molar-refractivity contribution in [1.82, 2.24) is 15.2 Å². The second-order valence-corrected chi connectivity index (χ2v) is 4.88. The van der Waals surface area contributed by atoms with E-state index in [9.17, 15) is 0 Å². The van der Waals surface area contributed by atoms with Gasteiger partial charge in [-0.3, -0.25) is 0 Å². The predicted octanol–water partition coefficient (Wildman–Crippen LogP) is 1.57. The van der Waals surface area contributed by atoms with Crippen molar-refractivity contribution < 1.29 is 0 Å². The van der Waals surface area contributed by atoms with E-state index in [1.165, 1.54) is 31.7 Å². The smallest absolute Gasteiger partial charge is 0.0795 e. The van der Waals surface area contributed by atoms with E-state index in [1.807, 2.05) is 5.51 Å². The fraction of sp³-hybridized carbons (Fsp3) is 0.727. The molecule has 0 amide bonds. The normalized spacial score (nSPS) is 22.3. The molecule has 1 aliphatic rings. The number of aromatic nitrogens is 1. The van der Waals surface area contributed by atoms with Gasteiger partial charge in [-0.25, -0.2) is 4.98 Å². The number of nitrogens with one attached hydrogen (secondary N) is 1. The highest BCUT2D eigenvalue weighted by Gasteiger charge is 2.20. The molecule has 1 aliphatic heterocycles. The molecule has 15 heavy (non-hydrogen) atoms. The van der Waals surface area contributed by atoms with Gasteiger partial charge in [0.1, 0.15) is 0 Å². The molecule has 1 aromatic heterocycles. The van der Waals surface area contributed by atoms with Gasteiger partial charge in [0.15, 0.2) is 0 Å². The van der Waals surface area contributed by atoms with Crippen LogP contribution in [0, 0.1) is 5.92 Å². The summed E-state index contributed by atoms with van der Waals surface area (Å²) in [5, 5.41) is 5.60. The van der Waals surface area contributed by atoms with Gasteiger partial charge in [0.05, 0.1) is 11.2 Å². The SMILES string of the molecule is CCN1CCC(CNCc2cscn2)C1. The van der Waals surface area contributed by atoms with Crippen molar-refractivity contribution in [3.8, 4) is 0 Å². The van der Waals surface area contributed by atoms with Gasteiger partial charge in [0.25, 0.3) is 0 Å². The Labute approximate surface area is 95.5 Å². The van der Waals surface area contributed by atoms with Crippen LogP contribution >= 0.6 is 11.3 Å². The third-order valence-corrected chi connectivity index (χ3v) is 3.68. The van der Waals surface area contributed by atoms with Crippen LogP contribution in [0.5, 0.6) is 0 Å². The lowest BCUT2D eigenvalue weighted by Crippen LogP contribution is -2.26. The van der Waals surface area contributed by atoms with Crippen molar-refractivity contribution in [2.75, 3.05) is 26.2 Å². The van der Waals surface area contributed by atoms with Crippen molar-refractivity contribution in [3.63, 3.8) is 0 Å². The number of hydrogen-bond acceptors (Lipinski definition) is 4. The van der Waals surface area contributed by atoms with Crippen LogP contribution in [0.4, 0.5) is 0 Å². The molecule has 0 aliphatic carbocycles. The third kappa shape index (κ3) is 3.26. The highest BCUT2D eigenvalue weighted by molar-refractivity contribution is 7.07. The Hall–Kier alpha value is -0.450. The number of thiazole rings is 1. The summed E-state index contributed by atoms with van der Waals surface area (Å²) in [4.78, 5) is 6.78. The molecule has 4 heteroatoms. The summed E-state index contributed by atoms with van der Waals surface area (Å²) in [6.07, 6.45) is 1.35. The standard InChI is InChI=1S/C11H19N3S/c1-2-14-4-3-10(7-14)5-12-6-11-8-15-9-13-11/h8-10,12H,2-7H2,1H3. The van der Waals surface area contributed by atoms with Gasteiger partial charge in [-0.1, -0.05) is 6.92 Å². The van der Waals surface area contributed by atoms with Crippen LogP contribution in [0.2, 0.25) is 0 Å². The average Bonchev–Trinajstić information content (AvgIpc) is 2.88. The molecule has 0 aromatic carbocycles. The zero-order valence-corrected chi connectivity index (χ0v) is 10.1.